The van der Waals surface area contributed by atoms with E-state index < -0.39 is 32.1 Å². The van der Waals surface area contributed by atoms with Crippen LogP contribution in [0, 0.1) is 0 Å². The molecule has 1 rings (SSSR count). The van der Waals surface area contributed by atoms with Crippen molar-refractivity contribution in [1.82, 2.24) is 0 Å². The normalized spacial score (nSPS) is 13.0. The van der Waals surface area contributed by atoms with Crippen molar-refractivity contribution in [3.63, 3.8) is 0 Å². The lowest BCUT2D eigenvalue weighted by molar-refractivity contribution is 0.0528. The van der Waals surface area contributed by atoms with Crippen molar-refractivity contribution in [2.45, 2.75) is 4.90 Å². The molecule has 0 aromatic heterocycles. The van der Waals surface area contributed by atoms with Gasteiger partial charge in [-0.05, 0) is 18.2 Å². The third-order valence-electron chi connectivity index (χ3n) is 1.86. The molecule has 1 aromatic carbocycles. The van der Waals surface area contributed by atoms with E-state index in [-0.39, 0.29) is 17.9 Å². The van der Waals surface area contributed by atoms with Gasteiger partial charge in [0, 0.05) is 0 Å². The zero-order valence-electron chi connectivity index (χ0n) is 8.98. The van der Waals surface area contributed by atoms with Crippen molar-refractivity contribution in [3.8, 4) is 0 Å². The van der Waals surface area contributed by atoms with E-state index in [1.165, 1.54) is 12.1 Å². The van der Waals surface area contributed by atoms with Crippen LogP contribution in [0.15, 0.2) is 29.2 Å². The zero-order valence-corrected chi connectivity index (χ0v) is 10.6. The summed E-state index contributed by atoms with van der Waals surface area (Å²) in [6.45, 7) is -0.266. The molecular weight excluding hydrogens is 284 g/mol. The molecule has 0 heterocycles. The van der Waals surface area contributed by atoms with E-state index in [9.17, 15) is 17.4 Å². The van der Waals surface area contributed by atoms with Crippen molar-refractivity contribution in [1.29, 1.82) is 0 Å². The van der Waals surface area contributed by atoms with Gasteiger partial charge in [0.15, 0.2) is 11.1 Å². The summed E-state index contributed by atoms with van der Waals surface area (Å²) in [5, 5.41) is 0. The third-order valence-corrected chi connectivity index (χ3v) is 3.22. The van der Waals surface area contributed by atoms with Gasteiger partial charge in [-0.2, -0.15) is 8.42 Å². The Labute approximate surface area is 106 Å². The Bertz CT molecular complexity index is 564. The van der Waals surface area contributed by atoms with Crippen LogP contribution in [0.25, 0.3) is 0 Å². The fraction of sp³-hybridized carbons (Fsp3) is 0.222. The minimum absolute atomic E-state index is 0.0751. The number of carbonyl (C=O) groups excluding carboxylic acids is 1. The lowest BCUT2D eigenvalue weighted by atomic mass is 10.2. The fourth-order valence-electron chi connectivity index (χ4n) is 1.07. The Balaban J connectivity index is 2.78. The molecule has 1 aromatic rings. The molecular formula is C9H10O7S2. The first-order valence-electron chi connectivity index (χ1n) is 4.63. The molecule has 1 atom stereocenters. The molecule has 0 fully saturated rings. The molecule has 9 heteroatoms. The lowest BCUT2D eigenvalue weighted by Gasteiger charge is -2.04. The largest absolute Gasteiger partial charge is 0.461 e. The quantitative estimate of drug-likeness (QED) is 0.456. The molecule has 1 unspecified atom stereocenters. The molecule has 0 bridgehead atoms. The second-order valence-corrected chi connectivity index (χ2v) is 5.64. The summed E-state index contributed by atoms with van der Waals surface area (Å²) in [4.78, 5) is 11.0. The maximum Gasteiger partial charge on any atom is 0.338 e. The van der Waals surface area contributed by atoms with Gasteiger partial charge < -0.3 is 9.29 Å². The molecule has 0 saturated carbocycles. The molecule has 0 aliphatic carbocycles. The highest BCUT2D eigenvalue weighted by Gasteiger charge is 2.14. The average molecular weight is 294 g/mol. The van der Waals surface area contributed by atoms with Crippen LogP contribution in [0.1, 0.15) is 10.4 Å². The van der Waals surface area contributed by atoms with E-state index in [2.05, 4.69) is 4.74 Å². The summed E-state index contributed by atoms with van der Waals surface area (Å²) >= 11 is -2.07. The van der Waals surface area contributed by atoms with Crippen LogP contribution in [-0.4, -0.2) is 40.1 Å². The predicted octanol–water partition coefficient (Wildman–Crippen LogP) is 0.312. The van der Waals surface area contributed by atoms with Crippen LogP contribution in [0.3, 0.4) is 0 Å². The Morgan fingerprint density at radius 1 is 1.39 bits per heavy atom. The van der Waals surface area contributed by atoms with Gasteiger partial charge in [-0.25, -0.2) is 9.00 Å². The van der Waals surface area contributed by atoms with E-state index >= 15 is 0 Å². The van der Waals surface area contributed by atoms with Gasteiger partial charge in [-0.1, -0.05) is 6.07 Å². The predicted molar refractivity (Wildman–Crippen MR) is 62.2 cm³/mol. The fourth-order valence-corrected chi connectivity index (χ4v) is 1.82. The monoisotopic (exact) mass is 294 g/mol. The van der Waals surface area contributed by atoms with Crippen LogP contribution in [0.5, 0.6) is 0 Å². The Morgan fingerprint density at radius 3 is 2.61 bits per heavy atom. The zero-order chi connectivity index (χ0) is 13.8. The molecule has 0 spiro atoms. The number of carbonyl (C=O) groups is 1. The molecule has 0 radical (unpaired) electrons. The van der Waals surface area contributed by atoms with Crippen LogP contribution in [0.2, 0.25) is 0 Å². The molecule has 7 nitrogen and oxygen atoms in total. The first-order valence-corrected chi connectivity index (χ1v) is 7.34. The summed E-state index contributed by atoms with van der Waals surface area (Å²) in [5.74, 6) is -1.07. The van der Waals surface area contributed by atoms with Crippen LogP contribution in [0.4, 0.5) is 0 Å². The molecule has 0 aliphatic heterocycles. The van der Waals surface area contributed by atoms with Crippen LogP contribution >= 0.6 is 0 Å². The van der Waals surface area contributed by atoms with E-state index in [1.807, 2.05) is 0 Å². The Hall–Kier alpha value is -1.29. The SMILES string of the molecule is O=C(OCCS(=O)O)c1cccc(S(=O)(=O)O)c1. The van der Waals surface area contributed by atoms with Crippen molar-refractivity contribution in [2.24, 2.45) is 0 Å². The topological polar surface area (TPSA) is 118 Å². The highest BCUT2D eigenvalue weighted by atomic mass is 32.2. The van der Waals surface area contributed by atoms with Gasteiger partial charge in [0.25, 0.3) is 10.1 Å². The van der Waals surface area contributed by atoms with E-state index in [1.54, 1.807) is 0 Å². The van der Waals surface area contributed by atoms with Crippen molar-refractivity contribution in [3.05, 3.63) is 29.8 Å². The molecule has 0 aliphatic rings. The Kier molecular flexibility index (Phi) is 4.96. The second kappa shape index (κ2) is 6.05. The number of esters is 1. The summed E-state index contributed by atoms with van der Waals surface area (Å²) in [5.41, 5.74) is -0.0751. The second-order valence-electron chi connectivity index (χ2n) is 3.16. The van der Waals surface area contributed by atoms with Crippen LogP contribution < -0.4 is 0 Å². The molecule has 2 N–H and O–H groups in total. The summed E-state index contributed by atoms with van der Waals surface area (Å²) in [6, 6.07) is 4.64. The maximum atomic E-state index is 11.4. The van der Waals surface area contributed by atoms with Crippen molar-refractivity contribution >= 4 is 27.2 Å². The highest BCUT2D eigenvalue weighted by Crippen LogP contribution is 2.11. The lowest BCUT2D eigenvalue weighted by Crippen LogP contribution is -2.12. The van der Waals surface area contributed by atoms with Gasteiger partial charge in [-0.15, -0.1) is 0 Å². The average Bonchev–Trinajstić information content (AvgIpc) is 2.27. The molecule has 18 heavy (non-hydrogen) atoms. The van der Waals surface area contributed by atoms with Crippen molar-refractivity contribution < 1.29 is 31.3 Å². The molecule has 0 saturated heterocycles. The summed E-state index contributed by atoms with van der Waals surface area (Å²) in [7, 11) is -4.39. The van der Waals surface area contributed by atoms with E-state index in [0.29, 0.717) is 0 Å². The van der Waals surface area contributed by atoms with Gasteiger partial charge in [-0.3, -0.25) is 4.55 Å². The maximum absolute atomic E-state index is 11.4. The number of rotatable bonds is 5. The minimum Gasteiger partial charge on any atom is -0.461 e. The van der Waals surface area contributed by atoms with E-state index in [0.717, 1.165) is 12.1 Å². The molecule has 100 valence electrons. The third kappa shape index (κ3) is 4.53. The highest BCUT2D eigenvalue weighted by molar-refractivity contribution is 7.85. The smallest absolute Gasteiger partial charge is 0.338 e. The summed E-state index contributed by atoms with van der Waals surface area (Å²) in [6.07, 6.45) is 0. The van der Waals surface area contributed by atoms with Gasteiger partial charge in [0.2, 0.25) is 0 Å². The number of hydrogen-bond acceptors (Lipinski definition) is 5. The van der Waals surface area contributed by atoms with Crippen LogP contribution in [-0.2, 0) is 25.9 Å². The summed E-state index contributed by atoms with van der Waals surface area (Å²) < 4.78 is 53.9. The molecule has 0 amide bonds. The Morgan fingerprint density at radius 2 is 2.06 bits per heavy atom. The first kappa shape index (κ1) is 14.8. The standard InChI is InChI=1S/C9H10O7S2/c10-9(16-4-5-17(11)12)7-2-1-3-8(6-7)18(13,14)15/h1-3,6H,4-5H2,(H,11,12)(H,13,14,15). The number of benzene rings is 1. The number of ether oxygens (including phenoxy) is 1. The first-order chi connectivity index (χ1) is 8.30. The van der Waals surface area contributed by atoms with Crippen molar-refractivity contribution in [2.75, 3.05) is 12.4 Å². The van der Waals surface area contributed by atoms with Gasteiger partial charge in [0.05, 0.1) is 16.2 Å². The van der Waals surface area contributed by atoms with E-state index in [4.69, 9.17) is 9.11 Å². The number of hydrogen-bond donors (Lipinski definition) is 2. The minimum atomic E-state index is -4.39. The van der Waals surface area contributed by atoms with Gasteiger partial charge >= 0.3 is 5.97 Å². The van der Waals surface area contributed by atoms with Gasteiger partial charge in [0.1, 0.15) is 6.61 Å².